The first-order valence-corrected chi connectivity index (χ1v) is 9.75. The van der Waals surface area contributed by atoms with Gasteiger partial charge in [-0.05, 0) is 42.2 Å². The van der Waals surface area contributed by atoms with E-state index in [1.54, 1.807) is 18.2 Å². The van der Waals surface area contributed by atoms with Gasteiger partial charge >= 0.3 is 5.24 Å². The predicted molar refractivity (Wildman–Crippen MR) is 96.6 cm³/mol. The van der Waals surface area contributed by atoms with Crippen molar-refractivity contribution in [2.45, 2.75) is 31.7 Å². The second kappa shape index (κ2) is 6.88. The molecule has 0 unspecified atom stereocenters. The lowest BCUT2D eigenvalue weighted by Gasteiger charge is -2.16. The molecule has 0 saturated carbocycles. The summed E-state index contributed by atoms with van der Waals surface area (Å²) in [6, 6.07) is 13.9. The number of anilines is 1. The van der Waals surface area contributed by atoms with Crippen molar-refractivity contribution in [2.24, 2.45) is 5.92 Å². The average molecular weight is 359 g/mol. The molecule has 0 aromatic heterocycles. The molecule has 25 heavy (non-hydrogen) atoms. The number of carbonyl (C=O) groups is 1. The molecule has 0 bridgehead atoms. The fourth-order valence-corrected chi connectivity index (χ4v) is 4.03. The van der Waals surface area contributed by atoms with Crippen LogP contribution in [0, 0.1) is 5.92 Å². The molecular formula is C19H21NO4S. The van der Waals surface area contributed by atoms with E-state index in [1.165, 1.54) is 11.0 Å². The van der Waals surface area contributed by atoms with Crippen LogP contribution in [0.4, 0.5) is 10.5 Å². The normalized spacial score (nSPS) is 15.5. The summed E-state index contributed by atoms with van der Waals surface area (Å²) in [4.78, 5) is 13.7. The zero-order valence-corrected chi connectivity index (χ0v) is 15.1. The summed E-state index contributed by atoms with van der Waals surface area (Å²) in [7, 11) is -3.92. The summed E-state index contributed by atoms with van der Waals surface area (Å²) in [5.74, 6) is 1.35. The van der Waals surface area contributed by atoms with Gasteiger partial charge in [-0.25, -0.2) is 8.42 Å². The number of fused-ring (bicyclic) bond motifs is 1. The quantitative estimate of drug-likeness (QED) is 0.781. The summed E-state index contributed by atoms with van der Waals surface area (Å²) in [6.07, 6.45) is 0.985. The number of sulfone groups is 1. The molecule has 0 spiro atoms. The van der Waals surface area contributed by atoms with Crippen molar-refractivity contribution in [1.82, 2.24) is 0 Å². The molecule has 5 nitrogen and oxygen atoms in total. The first-order chi connectivity index (χ1) is 11.9. The van der Waals surface area contributed by atoms with Gasteiger partial charge < -0.3 is 4.74 Å². The van der Waals surface area contributed by atoms with Crippen LogP contribution in [0.2, 0.25) is 0 Å². The van der Waals surface area contributed by atoms with Crippen molar-refractivity contribution in [3.8, 4) is 5.75 Å². The molecule has 1 aliphatic heterocycles. The number of para-hydroxylation sites is 1. The van der Waals surface area contributed by atoms with Gasteiger partial charge in [0.15, 0.2) is 0 Å². The average Bonchev–Trinajstić information content (AvgIpc) is 2.77. The molecule has 1 amide bonds. The number of rotatable bonds is 6. The summed E-state index contributed by atoms with van der Waals surface area (Å²) >= 11 is 0. The highest BCUT2D eigenvalue weighted by Crippen LogP contribution is 2.36. The van der Waals surface area contributed by atoms with Gasteiger partial charge in [-0.3, -0.25) is 9.69 Å². The van der Waals surface area contributed by atoms with E-state index in [2.05, 4.69) is 13.8 Å². The molecule has 2 aromatic carbocycles. The van der Waals surface area contributed by atoms with Gasteiger partial charge in [0.2, 0.25) is 0 Å². The maximum absolute atomic E-state index is 12.3. The summed E-state index contributed by atoms with van der Waals surface area (Å²) in [6.45, 7) is 5.16. The van der Waals surface area contributed by atoms with Gasteiger partial charge in [0, 0.05) is 0 Å². The SMILES string of the molecule is CC(C)CCOc1ccc(CN2C(=O)S(=O)(=O)c3ccccc32)cc1. The van der Waals surface area contributed by atoms with Crippen molar-refractivity contribution in [3.05, 3.63) is 54.1 Å². The molecule has 1 aliphatic rings. The number of benzene rings is 2. The van der Waals surface area contributed by atoms with Crippen LogP contribution in [0.3, 0.4) is 0 Å². The van der Waals surface area contributed by atoms with E-state index >= 15 is 0 Å². The minimum absolute atomic E-state index is 0.0774. The number of ether oxygens (including phenoxy) is 1. The van der Waals surface area contributed by atoms with Crippen molar-refractivity contribution in [3.63, 3.8) is 0 Å². The molecule has 0 radical (unpaired) electrons. The first kappa shape index (κ1) is 17.5. The standard InChI is InChI=1S/C19H21NO4S/c1-14(2)11-12-24-16-9-7-15(8-10-16)13-20-17-5-3-4-6-18(17)25(22,23)19(20)21/h3-10,14H,11-13H2,1-2H3. The highest BCUT2D eigenvalue weighted by Gasteiger charge is 2.41. The molecule has 2 aromatic rings. The van der Waals surface area contributed by atoms with E-state index < -0.39 is 15.1 Å². The Labute approximate surface area is 148 Å². The molecule has 0 saturated heterocycles. The van der Waals surface area contributed by atoms with Crippen molar-refractivity contribution >= 4 is 20.8 Å². The van der Waals surface area contributed by atoms with Crippen LogP contribution >= 0.6 is 0 Å². The second-order valence-electron chi connectivity index (χ2n) is 6.50. The molecule has 0 N–H and O–H groups in total. The predicted octanol–water partition coefficient (Wildman–Crippen LogP) is 4.03. The van der Waals surface area contributed by atoms with Crippen LogP contribution in [0.25, 0.3) is 0 Å². The van der Waals surface area contributed by atoms with Gasteiger partial charge in [0.05, 0.1) is 18.8 Å². The van der Waals surface area contributed by atoms with Crippen LogP contribution in [-0.4, -0.2) is 20.3 Å². The van der Waals surface area contributed by atoms with Gasteiger partial charge in [0.1, 0.15) is 10.6 Å². The van der Waals surface area contributed by atoms with E-state index in [0.29, 0.717) is 18.2 Å². The van der Waals surface area contributed by atoms with Gasteiger partial charge in [-0.1, -0.05) is 38.1 Å². The van der Waals surface area contributed by atoms with Crippen molar-refractivity contribution < 1.29 is 17.9 Å². The van der Waals surface area contributed by atoms with Gasteiger partial charge in [0.25, 0.3) is 9.84 Å². The maximum atomic E-state index is 12.3. The van der Waals surface area contributed by atoms with Crippen LogP contribution < -0.4 is 9.64 Å². The zero-order chi connectivity index (χ0) is 18.0. The Kier molecular flexibility index (Phi) is 4.81. The summed E-state index contributed by atoms with van der Waals surface area (Å²) in [5, 5.41) is -0.869. The summed E-state index contributed by atoms with van der Waals surface area (Å²) in [5.41, 5.74) is 1.28. The van der Waals surface area contributed by atoms with Crippen LogP contribution in [0.15, 0.2) is 53.4 Å². The van der Waals surface area contributed by atoms with Gasteiger partial charge in [-0.15, -0.1) is 0 Å². The number of nitrogens with zero attached hydrogens (tertiary/aromatic N) is 1. The van der Waals surface area contributed by atoms with Crippen LogP contribution in [-0.2, 0) is 16.4 Å². The molecule has 0 fully saturated rings. The van der Waals surface area contributed by atoms with E-state index in [9.17, 15) is 13.2 Å². The number of hydrogen-bond acceptors (Lipinski definition) is 4. The molecule has 1 heterocycles. The molecule has 6 heteroatoms. The van der Waals surface area contributed by atoms with Gasteiger partial charge in [-0.2, -0.15) is 0 Å². The van der Waals surface area contributed by atoms with Crippen LogP contribution in [0.1, 0.15) is 25.8 Å². The van der Waals surface area contributed by atoms with E-state index in [-0.39, 0.29) is 11.4 Å². The molecule has 0 atom stereocenters. The van der Waals surface area contributed by atoms with Crippen LogP contribution in [0.5, 0.6) is 5.75 Å². The Morgan fingerprint density at radius 1 is 1.04 bits per heavy atom. The number of carbonyl (C=O) groups excluding carboxylic acids is 1. The van der Waals surface area contributed by atoms with E-state index in [1.807, 2.05) is 24.3 Å². The summed E-state index contributed by atoms with van der Waals surface area (Å²) < 4.78 is 30.1. The Morgan fingerprint density at radius 2 is 1.72 bits per heavy atom. The van der Waals surface area contributed by atoms with E-state index in [4.69, 9.17) is 4.74 Å². The van der Waals surface area contributed by atoms with E-state index in [0.717, 1.165) is 17.7 Å². The smallest absolute Gasteiger partial charge is 0.348 e. The third kappa shape index (κ3) is 3.54. The Morgan fingerprint density at radius 3 is 2.40 bits per heavy atom. The third-order valence-corrected chi connectivity index (χ3v) is 5.73. The highest BCUT2D eigenvalue weighted by molar-refractivity contribution is 8.07. The lowest BCUT2D eigenvalue weighted by Crippen LogP contribution is -2.27. The second-order valence-corrected chi connectivity index (χ2v) is 8.29. The first-order valence-electron chi connectivity index (χ1n) is 8.27. The minimum atomic E-state index is -3.92. The molecule has 132 valence electrons. The Balaban J connectivity index is 1.74. The zero-order valence-electron chi connectivity index (χ0n) is 14.3. The topological polar surface area (TPSA) is 63.7 Å². The number of amides is 1. The number of hydrogen-bond donors (Lipinski definition) is 0. The van der Waals surface area contributed by atoms with Crippen molar-refractivity contribution in [2.75, 3.05) is 11.5 Å². The lowest BCUT2D eigenvalue weighted by molar-refractivity contribution is 0.263. The fraction of sp³-hybridized carbons (Fsp3) is 0.316. The highest BCUT2D eigenvalue weighted by atomic mass is 32.2. The monoisotopic (exact) mass is 359 g/mol. The third-order valence-electron chi connectivity index (χ3n) is 4.12. The Hall–Kier alpha value is -2.34. The maximum Gasteiger partial charge on any atom is 0.348 e. The fourth-order valence-electron chi connectivity index (χ4n) is 2.68. The van der Waals surface area contributed by atoms with Crippen molar-refractivity contribution in [1.29, 1.82) is 0 Å². The lowest BCUT2D eigenvalue weighted by atomic mass is 10.1. The minimum Gasteiger partial charge on any atom is -0.494 e. The molecule has 3 rings (SSSR count). The molecular weight excluding hydrogens is 338 g/mol. The largest absolute Gasteiger partial charge is 0.494 e. The molecule has 0 aliphatic carbocycles. The Bertz CT molecular complexity index is 873.